The van der Waals surface area contributed by atoms with E-state index in [1.165, 1.54) is 19.7 Å². The fraction of sp³-hybridized carbons (Fsp3) is 0.520. The number of rotatable bonds is 7. The Balaban J connectivity index is 1.67. The highest BCUT2D eigenvalue weighted by atomic mass is 16.2. The molecule has 1 unspecified atom stereocenters. The van der Waals surface area contributed by atoms with Gasteiger partial charge in [0.15, 0.2) is 11.6 Å². The zero-order valence-corrected chi connectivity index (χ0v) is 20.1. The van der Waals surface area contributed by atoms with Crippen LogP contribution < -0.4 is 17.0 Å². The molecule has 2 heterocycles. The number of nitrogen functional groups attached to an aromatic ring is 1. The first-order valence-electron chi connectivity index (χ1n) is 11.5. The Morgan fingerprint density at radius 1 is 1.00 bits per heavy atom. The highest BCUT2D eigenvalue weighted by molar-refractivity contribution is 6.03. The molecule has 8 heteroatoms. The number of nitrogens with zero attached hydrogens (tertiary/aromatic N) is 3. The van der Waals surface area contributed by atoms with Crippen molar-refractivity contribution in [1.82, 2.24) is 14.0 Å². The molecule has 1 aromatic carbocycles. The van der Waals surface area contributed by atoms with Gasteiger partial charge in [0.25, 0.3) is 5.56 Å². The molecule has 1 aromatic heterocycles. The molecule has 0 saturated carbocycles. The minimum Gasteiger partial charge on any atom is -0.384 e. The van der Waals surface area contributed by atoms with E-state index >= 15 is 0 Å². The van der Waals surface area contributed by atoms with Crippen molar-refractivity contribution in [1.29, 1.82) is 0 Å². The molecule has 8 nitrogen and oxygen atoms in total. The Bertz CT molecular complexity index is 1150. The zero-order chi connectivity index (χ0) is 24.4. The number of hydrogen-bond acceptors (Lipinski definition) is 6. The molecular formula is C25H34N4O4. The summed E-state index contributed by atoms with van der Waals surface area (Å²) >= 11 is 0. The van der Waals surface area contributed by atoms with Crippen LogP contribution in [-0.2, 0) is 20.5 Å². The second-order valence-corrected chi connectivity index (χ2v) is 9.48. The van der Waals surface area contributed by atoms with Gasteiger partial charge in [-0.1, -0.05) is 38.1 Å². The fourth-order valence-corrected chi connectivity index (χ4v) is 4.53. The molecule has 1 fully saturated rings. The number of aromatic nitrogens is 2. The Hall–Kier alpha value is -3.00. The van der Waals surface area contributed by atoms with Crippen LogP contribution in [-0.4, -0.2) is 44.7 Å². The molecule has 33 heavy (non-hydrogen) atoms. The summed E-state index contributed by atoms with van der Waals surface area (Å²) in [4.78, 5) is 52.7. The average molecular weight is 455 g/mol. The van der Waals surface area contributed by atoms with Gasteiger partial charge in [-0.15, -0.1) is 0 Å². The first-order chi connectivity index (χ1) is 15.5. The van der Waals surface area contributed by atoms with E-state index < -0.39 is 23.1 Å². The van der Waals surface area contributed by atoms with Gasteiger partial charge in [-0.05, 0) is 50.8 Å². The molecule has 2 aromatic rings. The van der Waals surface area contributed by atoms with Crippen LogP contribution in [0.2, 0.25) is 0 Å². The third-order valence-electron chi connectivity index (χ3n) is 6.67. The Morgan fingerprint density at radius 2 is 1.58 bits per heavy atom. The Labute approximate surface area is 194 Å². The lowest BCUT2D eigenvalue weighted by atomic mass is 9.87. The first-order valence-corrected chi connectivity index (χ1v) is 11.5. The van der Waals surface area contributed by atoms with E-state index in [1.807, 2.05) is 29.2 Å². The monoisotopic (exact) mass is 454 g/mol. The summed E-state index contributed by atoms with van der Waals surface area (Å²) in [7, 11) is 2.77. The summed E-state index contributed by atoms with van der Waals surface area (Å²) < 4.78 is 2.01. The standard InChI is InChI=1S/C25H34N4O4/c1-15(2)14-17-6-8-18(9-7-17)22(31)19-10-12-29(13-11-19)16(3)21(30)20-23(26)27(4)25(33)28(5)24(20)32/h6-9,15-16,19H,10-14,26H2,1-5H3. The van der Waals surface area contributed by atoms with Gasteiger partial charge < -0.3 is 5.73 Å². The minimum absolute atomic E-state index is 0.0880. The lowest BCUT2D eigenvalue weighted by Crippen LogP contribution is -2.48. The maximum absolute atomic E-state index is 13.1. The van der Waals surface area contributed by atoms with E-state index in [2.05, 4.69) is 13.8 Å². The van der Waals surface area contributed by atoms with E-state index in [1.54, 1.807) is 6.92 Å². The van der Waals surface area contributed by atoms with Crippen LogP contribution in [0.3, 0.4) is 0 Å². The molecule has 0 bridgehead atoms. The van der Waals surface area contributed by atoms with Gasteiger partial charge in [0, 0.05) is 25.6 Å². The Kier molecular flexibility index (Phi) is 7.37. The molecular weight excluding hydrogens is 420 g/mol. The molecule has 1 aliphatic heterocycles. The van der Waals surface area contributed by atoms with E-state index in [0.29, 0.717) is 31.8 Å². The van der Waals surface area contributed by atoms with Crippen molar-refractivity contribution < 1.29 is 9.59 Å². The minimum atomic E-state index is -0.682. The number of carbonyl (C=O) groups is 2. The number of benzene rings is 1. The molecule has 0 radical (unpaired) electrons. The number of hydrogen-bond donors (Lipinski definition) is 1. The summed E-state index contributed by atoms with van der Waals surface area (Å²) in [5.74, 6) is 0.0907. The van der Waals surface area contributed by atoms with Crippen molar-refractivity contribution in [2.75, 3.05) is 18.8 Å². The average Bonchev–Trinajstić information content (AvgIpc) is 2.80. The summed E-state index contributed by atoms with van der Waals surface area (Å²) in [5.41, 5.74) is 6.49. The van der Waals surface area contributed by atoms with Crippen LogP contribution >= 0.6 is 0 Å². The molecule has 1 atom stereocenters. The quantitative estimate of drug-likeness (QED) is 0.642. The van der Waals surface area contributed by atoms with Gasteiger partial charge in [0.2, 0.25) is 0 Å². The number of carbonyl (C=O) groups excluding carboxylic acids is 2. The van der Waals surface area contributed by atoms with E-state index in [0.717, 1.165) is 21.1 Å². The van der Waals surface area contributed by atoms with Gasteiger partial charge in [-0.25, -0.2) is 4.79 Å². The topological polar surface area (TPSA) is 107 Å². The number of Topliss-reactive ketones (excluding diaryl/α,β-unsaturated/α-hetero) is 2. The highest BCUT2D eigenvalue weighted by Crippen LogP contribution is 2.24. The third kappa shape index (κ3) is 5.00. The van der Waals surface area contributed by atoms with E-state index in [-0.39, 0.29) is 23.1 Å². The molecule has 0 amide bonds. The Morgan fingerprint density at radius 3 is 2.12 bits per heavy atom. The van der Waals surface area contributed by atoms with E-state index in [4.69, 9.17) is 5.73 Å². The van der Waals surface area contributed by atoms with Gasteiger partial charge in [-0.3, -0.25) is 28.4 Å². The number of piperidine rings is 1. The van der Waals surface area contributed by atoms with Crippen LogP contribution in [0.4, 0.5) is 5.82 Å². The van der Waals surface area contributed by atoms with Crippen LogP contribution in [0, 0.1) is 11.8 Å². The number of likely N-dealkylation sites (tertiary alicyclic amines) is 1. The van der Waals surface area contributed by atoms with Gasteiger partial charge >= 0.3 is 5.69 Å². The summed E-state index contributed by atoms with van der Waals surface area (Å²) in [6, 6.07) is 7.31. The predicted octanol–water partition coefficient (Wildman–Crippen LogP) is 2.03. The first kappa shape index (κ1) is 24.6. The molecule has 0 spiro atoms. The van der Waals surface area contributed by atoms with Crippen molar-refractivity contribution >= 4 is 17.4 Å². The number of ketones is 2. The smallest absolute Gasteiger partial charge is 0.332 e. The molecule has 2 N–H and O–H groups in total. The summed E-state index contributed by atoms with van der Waals surface area (Å²) in [5, 5.41) is 0. The van der Waals surface area contributed by atoms with E-state index in [9.17, 15) is 19.2 Å². The second kappa shape index (κ2) is 9.87. The van der Waals surface area contributed by atoms with Crippen LogP contribution in [0.1, 0.15) is 59.9 Å². The molecule has 1 saturated heterocycles. The summed E-state index contributed by atoms with van der Waals surface area (Å²) in [6.45, 7) is 7.22. The highest BCUT2D eigenvalue weighted by Gasteiger charge is 2.33. The van der Waals surface area contributed by atoms with Crippen LogP contribution in [0.15, 0.2) is 33.9 Å². The summed E-state index contributed by atoms with van der Waals surface area (Å²) in [6.07, 6.45) is 2.28. The molecule has 0 aliphatic carbocycles. The van der Waals surface area contributed by atoms with Crippen molar-refractivity contribution in [3.63, 3.8) is 0 Å². The third-order valence-corrected chi connectivity index (χ3v) is 6.67. The predicted molar refractivity (Wildman–Crippen MR) is 129 cm³/mol. The second-order valence-electron chi connectivity index (χ2n) is 9.48. The van der Waals surface area contributed by atoms with Crippen LogP contribution in [0.25, 0.3) is 0 Å². The van der Waals surface area contributed by atoms with Crippen molar-refractivity contribution in [3.05, 3.63) is 61.8 Å². The van der Waals surface area contributed by atoms with Gasteiger partial charge in [0.05, 0.1) is 6.04 Å². The van der Waals surface area contributed by atoms with Crippen molar-refractivity contribution in [3.8, 4) is 0 Å². The van der Waals surface area contributed by atoms with Crippen molar-refractivity contribution in [2.24, 2.45) is 25.9 Å². The number of nitrogens with two attached hydrogens (primary N) is 1. The molecule has 1 aliphatic rings. The lowest BCUT2D eigenvalue weighted by molar-refractivity contribution is 0.0712. The lowest BCUT2D eigenvalue weighted by Gasteiger charge is -2.35. The molecule has 3 rings (SSSR count). The number of anilines is 1. The maximum atomic E-state index is 13.1. The normalized spacial score (nSPS) is 16.2. The van der Waals surface area contributed by atoms with Gasteiger partial charge in [-0.2, -0.15) is 0 Å². The molecule has 178 valence electrons. The van der Waals surface area contributed by atoms with Crippen LogP contribution in [0.5, 0.6) is 0 Å². The SMILES string of the molecule is CC(C)Cc1ccc(C(=O)C2CCN(C(C)C(=O)c3c(N)n(C)c(=O)n(C)c3=O)CC2)cc1. The van der Waals surface area contributed by atoms with Gasteiger partial charge in [0.1, 0.15) is 11.4 Å². The zero-order valence-electron chi connectivity index (χ0n) is 20.1. The fourth-order valence-electron chi connectivity index (χ4n) is 4.53. The largest absolute Gasteiger partial charge is 0.384 e. The maximum Gasteiger partial charge on any atom is 0.332 e. The van der Waals surface area contributed by atoms with Crippen molar-refractivity contribution in [2.45, 2.75) is 46.1 Å².